The van der Waals surface area contributed by atoms with Crippen molar-refractivity contribution in [3.8, 4) is 0 Å². The third kappa shape index (κ3) is 2.93. The first kappa shape index (κ1) is 14.5. The summed E-state index contributed by atoms with van der Waals surface area (Å²) in [6, 6.07) is 14.0. The van der Waals surface area contributed by atoms with E-state index in [4.69, 9.17) is 0 Å². The lowest BCUT2D eigenvalue weighted by molar-refractivity contribution is 0.585. The van der Waals surface area contributed by atoms with Gasteiger partial charge in [0.2, 0.25) is 0 Å². The Morgan fingerprint density at radius 3 is 2.76 bits per heavy atom. The number of thioether (sulfide) groups is 1. The van der Waals surface area contributed by atoms with Gasteiger partial charge in [-0.3, -0.25) is 0 Å². The maximum absolute atomic E-state index is 13.9. The highest BCUT2D eigenvalue weighted by molar-refractivity contribution is 7.99. The molecule has 1 aliphatic rings. The van der Waals surface area contributed by atoms with E-state index in [0.717, 1.165) is 22.6 Å². The van der Waals surface area contributed by atoms with Crippen molar-refractivity contribution in [1.29, 1.82) is 0 Å². The molecule has 0 saturated heterocycles. The van der Waals surface area contributed by atoms with Crippen LogP contribution in [0.2, 0.25) is 0 Å². The molecule has 21 heavy (non-hydrogen) atoms. The number of nitrogens with one attached hydrogen (secondary N) is 1. The molecule has 3 heteroatoms. The van der Waals surface area contributed by atoms with Gasteiger partial charge < -0.3 is 5.32 Å². The Morgan fingerprint density at radius 2 is 1.95 bits per heavy atom. The van der Waals surface area contributed by atoms with Crippen molar-refractivity contribution in [2.45, 2.75) is 37.1 Å². The minimum absolute atomic E-state index is 0.0962. The topological polar surface area (TPSA) is 12.0 Å². The van der Waals surface area contributed by atoms with Gasteiger partial charge in [-0.25, -0.2) is 4.39 Å². The zero-order chi connectivity index (χ0) is 14.8. The van der Waals surface area contributed by atoms with Crippen molar-refractivity contribution in [1.82, 2.24) is 0 Å². The highest BCUT2D eigenvalue weighted by Crippen LogP contribution is 2.40. The smallest absolute Gasteiger partial charge is 0.137 e. The lowest BCUT2D eigenvalue weighted by Crippen LogP contribution is -2.17. The summed E-state index contributed by atoms with van der Waals surface area (Å²) in [6.07, 6.45) is 1.02. The molecule has 1 nitrogen and oxygen atoms in total. The summed E-state index contributed by atoms with van der Waals surface area (Å²) >= 11 is 1.63. The van der Waals surface area contributed by atoms with Crippen molar-refractivity contribution >= 4 is 17.4 Å². The SMILES string of the molecule is CC(C)c1ccccc1NC1CCSc2c(F)cccc21. The van der Waals surface area contributed by atoms with Gasteiger partial charge in [0.05, 0.1) is 6.04 Å². The summed E-state index contributed by atoms with van der Waals surface area (Å²) in [5.74, 6) is 1.33. The maximum atomic E-state index is 13.9. The molecule has 1 atom stereocenters. The molecular weight excluding hydrogens is 281 g/mol. The van der Waals surface area contributed by atoms with Gasteiger partial charge >= 0.3 is 0 Å². The number of hydrogen-bond donors (Lipinski definition) is 1. The number of rotatable bonds is 3. The predicted molar refractivity (Wildman–Crippen MR) is 88.6 cm³/mol. The molecule has 1 aliphatic heterocycles. The van der Waals surface area contributed by atoms with E-state index in [9.17, 15) is 4.39 Å². The molecule has 0 spiro atoms. The summed E-state index contributed by atoms with van der Waals surface area (Å²) in [7, 11) is 0. The van der Waals surface area contributed by atoms with Gasteiger partial charge in [0.15, 0.2) is 0 Å². The van der Waals surface area contributed by atoms with Crippen molar-refractivity contribution < 1.29 is 4.39 Å². The molecule has 0 radical (unpaired) electrons. The van der Waals surface area contributed by atoms with Gasteiger partial charge in [-0.1, -0.05) is 44.2 Å². The molecule has 110 valence electrons. The lowest BCUT2D eigenvalue weighted by atomic mass is 9.98. The molecule has 0 aliphatic carbocycles. The van der Waals surface area contributed by atoms with Crippen LogP contribution < -0.4 is 5.32 Å². The number of para-hydroxylation sites is 1. The number of fused-ring (bicyclic) bond motifs is 1. The van der Waals surface area contributed by atoms with Gasteiger partial charge in [0, 0.05) is 16.3 Å². The van der Waals surface area contributed by atoms with Crippen LogP contribution in [0.15, 0.2) is 47.4 Å². The van der Waals surface area contributed by atoms with Gasteiger partial charge in [0.25, 0.3) is 0 Å². The predicted octanol–water partition coefficient (Wildman–Crippen LogP) is 5.60. The highest BCUT2D eigenvalue weighted by Gasteiger charge is 2.23. The number of halogens is 1. The lowest BCUT2D eigenvalue weighted by Gasteiger charge is -2.28. The van der Waals surface area contributed by atoms with Gasteiger partial charge in [-0.15, -0.1) is 11.8 Å². The van der Waals surface area contributed by atoms with Crippen LogP contribution in [0.1, 0.15) is 43.4 Å². The van der Waals surface area contributed by atoms with E-state index < -0.39 is 0 Å². The maximum Gasteiger partial charge on any atom is 0.137 e. The monoisotopic (exact) mass is 301 g/mol. The third-order valence-electron chi connectivity index (χ3n) is 3.94. The molecule has 0 aromatic heterocycles. The summed E-state index contributed by atoms with van der Waals surface area (Å²) in [5, 5.41) is 3.63. The fourth-order valence-electron chi connectivity index (χ4n) is 2.86. The van der Waals surface area contributed by atoms with Crippen molar-refractivity contribution in [2.24, 2.45) is 0 Å². The number of anilines is 1. The van der Waals surface area contributed by atoms with Gasteiger partial charge in [-0.05, 0) is 35.6 Å². The first-order valence-corrected chi connectivity index (χ1v) is 8.42. The van der Waals surface area contributed by atoms with E-state index in [0.29, 0.717) is 5.92 Å². The van der Waals surface area contributed by atoms with Crippen LogP contribution in [0.5, 0.6) is 0 Å². The van der Waals surface area contributed by atoms with E-state index in [1.54, 1.807) is 17.8 Å². The summed E-state index contributed by atoms with van der Waals surface area (Å²) in [6.45, 7) is 4.40. The number of hydrogen-bond acceptors (Lipinski definition) is 2. The zero-order valence-corrected chi connectivity index (χ0v) is 13.2. The summed E-state index contributed by atoms with van der Waals surface area (Å²) < 4.78 is 13.9. The quantitative estimate of drug-likeness (QED) is 0.792. The summed E-state index contributed by atoms with van der Waals surface area (Å²) in [5.41, 5.74) is 3.57. The van der Waals surface area contributed by atoms with Crippen molar-refractivity contribution in [2.75, 3.05) is 11.1 Å². The second kappa shape index (κ2) is 6.10. The van der Waals surface area contributed by atoms with Crippen molar-refractivity contribution in [3.63, 3.8) is 0 Å². The Hall–Kier alpha value is -1.48. The van der Waals surface area contributed by atoms with E-state index in [1.807, 2.05) is 12.1 Å². The normalized spacial score (nSPS) is 17.6. The fourth-order valence-corrected chi connectivity index (χ4v) is 4.00. The molecule has 2 aromatic carbocycles. The van der Waals surface area contributed by atoms with E-state index >= 15 is 0 Å². The molecule has 3 rings (SSSR count). The average molecular weight is 301 g/mol. The molecule has 1 unspecified atom stereocenters. The third-order valence-corrected chi connectivity index (χ3v) is 5.10. The molecule has 2 aromatic rings. The van der Waals surface area contributed by atoms with Crippen molar-refractivity contribution in [3.05, 3.63) is 59.4 Å². The molecular formula is C18H20FNS. The highest BCUT2D eigenvalue weighted by atomic mass is 32.2. The average Bonchev–Trinajstić information content (AvgIpc) is 2.49. The Balaban J connectivity index is 1.93. The molecule has 0 bridgehead atoms. The minimum atomic E-state index is -0.0962. The molecule has 0 saturated carbocycles. The number of benzene rings is 2. The van der Waals surface area contributed by atoms with Gasteiger partial charge in [-0.2, -0.15) is 0 Å². The largest absolute Gasteiger partial charge is 0.378 e. The van der Waals surface area contributed by atoms with Crippen LogP contribution in [0.3, 0.4) is 0 Å². The Bertz CT molecular complexity index is 639. The molecule has 0 amide bonds. The van der Waals surface area contributed by atoms with Gasteiger partial charge in [0.1, 0.15) is 5.82 Å². The minimum Gasteiger partial charge on any atom is -0.378 e. The second-order valence-corrected chi connectivity index (χ2v) is 6.84. The van der Waals surface area contributed by atoms with Crippen LogP contribution in [0, 0.1) is 5.82 Å². The fraction of sp³-hybridized carbons (Fsp3) is 0.333. The summed E-state index contributed by atoms with van der Waals surface area (Å²) in [4.78, 5) is 0.809. The molecule has 1 N–H and O–H groups in total. The molecule has 0 fully saturated rings. The van der Waals surface area contributed by atoms with E-state index in [2.05, 4.69) is 43.4 Å². The van der Waals surface area contributed by atoms with Crippen LogP contribution in [0.4, 0.5) is 10.1 Å². The van der Waals surface area contributed by atoms with Crippen LogP contribution in [0.25, 0.3) is 0 Å². The Labute approximate surface area is 130 Å². The standard InChI is InChI=1S/C18H20FNS/c1-12(2)13-6-3-4-9-16(13)20-17-10-11-21-18-14(17)7-5-8-15(18)19/h3-9,12,17,20H,10-11H2,1-2H3. The van der Waals surface area contributed by atoms with Crippen LogP contribution in [-0.4, -0.2) is 5.75 Å². The van der Waals surface area contributed by atoms with E-state index in [-0.39, 0.29) is 11.9 Å². The van der Waals surface area contributed by atoms with Crippen LogP contribution in [-0.2, 0) is 0 Å². The first-order valence-electron chi connectivity index (χ1n) is 7.43. The zero-order valence-electron chi connectivity index (χ0n) is 12.4. The van der Waals surface area contributed by atoms with Crippen LogP contribution >= 0.6 is 11.8 Å². The molecule has 1 heterocycles. The first-order chi connectivity index (χ1) is 10.2. The van der Waals surface area contributed by atoms with E-state index in [1.165, 1.54) is 11.3 Å². The Morgan fingerprint density at radius 1 is 1.14 bits per heavy atom. The second-order valence-electron chi connectivity index (χ2n) is 5.73. The Kier molecular flexibility index (Phi) is 4.20.